The summed E-state index contributed by atoms with van der Waals surface area (Å²) < 4.78 is 0. The lowest BCUT2D eigenvalue weighted by molar-refractivity contribution is 1.02. The van der Waals surface area contributed by atoms with Crippen LogP contribution >= 0.6 is 11.5 Å². The third-order valence-electron chi connectivity index (χ3n) is 0. The van der Waals surface area contributed by atoms with Gasteiger partial charge in [0.15, 0.2) is 0 Å². The zero-order valence-corrected chi connectivity index (χ0v) is 4.63. The Morgan fingerprint density at radius 3 is 1.40 bits per heavy atom. The molecule has 0 radical (unpaired) electrons. The van der Waals surface area contributed by atoms with Crippen LogP contribution in [0.15, 0.2) is 0 Å². The molecule has 3 heteroatoms. The van der Waals surface area contributed by atoms with E-state index in [-0.39, 0.29) is 0 Å². The Kier molecular flexibility index (Phi) is 49.4. The van der Waals surface area contributed by atoms with Crippen molar-refractivity contribution in [3.8, 4) is 0 Å². The summed E-state index contributed by atoms with van der Waals surface area (Å²) in [5.74, 6) is 0. The molecule has 1 nitrogen and oxygen atoms in total. The average Bonchev–Trinajstić information content (AvgIpc) is 1.46. The molecular weight excluding hydrogens is 84.3 g/mol. The summed E-state index contributed by atoms with van der Waals surface area (Å²) in [5, 5.41) is 2.75. The fourth-order valence-electron chi connectivity index (χ4n) is 0. The molecule has 5 heavy (non-hydrogen) atoms. The molecule has 0 aliphatic heterocycles. The fraction of sp³-hybridized carbons (Fsp3) is 1.00. The number of hydrogen-bond donors (Lipinski definition) is 1. The Bertz CT molecular complexity index is 9.61. The highest BCUT2D eigenvalue weighted by molar-refractivity contribution is 6.80. The van der Waals surface area contributed by atoms with E-state index in [0.717, 1.165) is 0 Å². The Morgan fingerprint density at radius 1 is 1.40 bits per heavy atom. The molecule has 0 aliphatic carbocycles. The predicted molar refractivity (Wildman–Crippen MR) is 29.4 cm³/mol. The molecule has 0 aliphatic rings. The summed E-state index contributed by atoms with van der Waals surface area (Å²) in [5.41, 5.74) is 0. The molecule has 1 N–H and O–H groups in total. The molecule has 0 rings (SSSR count). The smallest absolute Gasteiger partial charge is 0.215 e. The highest BCUT2D eigenvalue weighted by Gasteiger charge is 1.25. The van der Waals surface area contributed by atoms with Crippen molar-refractivity contribution in [2.45, 2.75) is 0 Å². The molecule has 0 spiro atoms. The van der Waals surface area contributed by atoms with Gasteiger partial charge in [0, 0.05) is 0 Å². The van der Waals surface area contributed by atoms with Gasteiger partial charge in [0.05, 0.1) is 0 Å². The second-order valence-corrected chi connectivity index (χ2v) is 0.500. The van der Waals surface area contributed by atoms with Crippen LogP contribution in [0.4, 0.5) is 0 Å². The maximum Gasteiger partial charge on any atom is 0.215 e. The summed E-state index contributed by atoms with van der Waals surface area (Å²) in [6.45, 7) is 0. The molecule has 0 unspecified atom stereocenters. The van der Waals surface area contributed by atoms with Crippen LogP contribution in [0.25, 0.3) is 0 Å². The topological polar surface area (TPSA) is 12.0 Å². The van der Waals surface area contributed by atoms with E-state index in [1.54, 1.807) is 0 Å². The molecule has 0 aromatic carbocycles. The van der Waals surface area contributed by atoms with Crippen molar-refractivity contribution in [1.82, 2.24) is 5.32 Å². The molecule has 0 fully saturated rings. The van der Waals surface area contributed by atoms with Crippen LogP contribution in [0.5, 0.6) is 0 Å². The van der Waals surface area contributed by atoms with Crippen LogP contribution in [0.3, 0.4) is 0 Å². The van der Waals surface area contributed by atoms with Gasteiger partial charge in [0.25, 0.3) is 0 Å². The first-order chi connectivity index (χ1) is 2.41. The van der Waals surface area contributed by atoms with Crippen molar-refractivity contribution in [1.29, 1.82) is 0 Å². The minimum absolute atomic E-state index is 1.47. The van der Waals surface area contributed by atoms with E-state index >= 15 is 0 Å². The van der Waals surface area contributed by atoms with Crippen LogP contribution < -0.4 is 5.32 Å². The van der Waals surface area contributed by atoms with Gasteiger partial charge in [-0.3, -0.25) is 0 Å². The zero-order valence-electron chi connectivity index (χ0n) is 3.88. The minimum atomic E-state index is 1.47. The summed E-state index contributed by atoms with van der Waals surface area (Å²) in [6, 6.07) is 0. The van der Waals surface area contributed by atoms with Crippen molar-refractivity contribution < 1.29 is 0 Å². The second-order valence-electron chi connectivity index (χ2n) is 0.500. The van der Waals surface area contributed by atoms with Gasteiger partial charge in [-0.15, -0.1) is 0 Å². The van der Waals surface area contributed by atoms with Gasteiger partial charge in [-0.2, -0.15) is 0 Å². The highest BCUT2D eigenvalue weighted by atomic mass is 35.5. The quantitative estimate of drug-likeness (QED) is 0.402. The largest absolute Gasteiger partial charge is 0.323 e. The van der Waals surface area contributed by atoms with Gasteiger partial charge < -0.3 is 5.32 Å². The fourth-order valence-corrected chi connectivity index (χ4v) is 0. The minimum Gasteiger partial charge on any atom is -0.323 e. The number of hydrogen-bond acceptors (Lipinski definition) is 1. The van der Waals surface area contributed by atoms with Gasteiger partial charge in [0.1, 0.15) is 0 Å². The molecule has 0 saturated heterocycles. The first-order valence-electron chi connectivity index (χ1n) is 1.38. The Labute approximate surface area is 39.0 Å². The van der Waals surface area contributed by atoms with Crippen molar-refractivity contribution in [2.75, 3.05) is 14.1 Å². The SMILES string of the molecule is BCl.CNC. The van der Waals surface area contributed by atoms with Crippen molar-refractivity contribution in [2.24, 2.45) is 0 Å². The third-order valence-corrected chi connectivity index (χ3v) is 0. The van der Waals surface area contributed by atoms with E-state index < -0.39 is 0 Å². The lowest BCUT2D eigenvalue weighted by Gasteiger charge is -1.59. The summed E-state index contributed by atoms with van der Waals surface area (Å²) in [6.07, 6.45) is 0. The molecule has 0 atom stereocenters. The monoisotopic (exact) mass is 93.1 g/mol. The van der Waals surface area contributed by atoms with Crippen molar-refractivity contribution in [3.63, 3.8) is 0 Å². The van der Waals surface area contributed by atoms with E-state index in [9.17, 15) is 0 Å². The number of rotatable bonds is 0. The van der Waals surface area contributed by atoms with Crippen LogP contribution in [0.1, 0.15) is 0 Å². The van der Waals surface area contributed by atoms with Crippen molar-refractivity contribution in [3.05, 3.63) is 0 Å². The second kappa shape index (κ2) is 27.4. The van der Waals surface area contributed by atoms with E-state index in [4.69, 9.17) is 0 Å². The normalized spacial score (nSPS) is 4.60. The zero-order chi connectivity index (χ0) is 4.71. The first kappa shape index (κ1) is 9.01. The van der Waals surface area contributed by atoms with Crippen LogP contribution in [-0.2, 0) is 0 Å². The molecule has 0 aromatic heterocycles. The van der Waals surface area contributed by atoms with Gasteiger partial charge in [-0.1, -0.05) is 0 Å². The molecule has 0 bridgehead atoms. The number of nitrogens with one attached hydrogen (secondary N) is 1. The maximum atomic E-state index is 4.64. The molecule has 0 amide bonds. The third kappa shape index (κ3) is 233. The van der Waals surface area contributed by atoms with E-state index in [1.165, 1.54) is 7.26 Å². The molecule has 0 aromatic rings. The van der Waals surface area contributed by atoms with Gasteiger partial charge in [-0.25, -0.2) is 11.5 Å². The highest BCUT2D eigenvalue weighted by Crippen LogP contribution is 1.29. The molecule has 0 saturated carbocycles. The van der Waals surface area contributed by atoms with Crippen molar-refractivity contribution >= 4 is 18.7 Å². The summed E-state index contributed by atoms with van der Waals surface area (Å²) in [7, 11) is 5.22. The van der Waals surface area contributed by atoms with E-state index in [1.807, 2.05) is 14.1 Å². The van der Waals surface area contributed by atoms with Crippen LogP contribution in [0, 0.1) is 0 Å². The maximum absolute atomic E-state index is 4.64. The lowest BCUT2D eigenvalue weighted by Crippen LogP contribution is -1.89. The Balaban J connectivity index is 0. The van der Waals surface area contributed by atoms with Crippen LogP contribution in [0.2, 0.25) is 0 Å². The summed E-state index contributed by atoms with van der Waals surface area (Å²) >= 11 is 4.64. The van der Waals surface area contributed by atoms with E-state index in [2.05, 4.69) is 16.8 Å². The molecule has 32 valence electrons. The van der Waals surface area contributed by atoms with E-state index in [0.29, 0.717) is 0 Å². The number of halogens is 1. The predicted octanol–water partition coefficient (Wildman–Crippen LogP) is -0.391. The molecular formula is C2H9BClN. The van der Waals surface area contributed by atoms with Gasteiger partial charge >= 0.3 is 0 Å². The Morgan fingerprint density at radius 2 is 1.40 bits per heavy atom. The molecule has 0 heterocycles. The van der Waals surface area contributed by atoms with Crippen LogP contribution in [-0.4, -0.2) is 21.4 Å². The first-order valence-corrected chi connectivity index (χ1v) is 2.13. The van der Waals surface area contributed by atoms with Gasteiger partial charge in [0.2, 0.25) is 7.26 Å². The average molecular weight is 93.4 g/mol. The standard InChI is InChI=1S/C2H7N.BClH2/c1-3-2;1-2/h3H,1-2H3;1H2. The Hall–Kier alpha value is 0.315. The lowest BCUT2D eigenvalue weighted by atomic mass is 10.8. The van der Waals surface area contributed by atoms with Gasteiger partial charge in [-0.05, 0) is 14.1 Å². The summed E-state index contributed by atoms with van der Waals surface area (Å²) in [4.78, 5) is 0.